The van der Waals surface area contributed by atoms with Crippen molar-refractivity contribution in [3.8, 4) is 11.3 Å². The summed E-state index contributed by atoms with van der Waals surface area (Å²) >= 11 is 0. The Morgan fingerprint density at radius 2 is 2.00 bits per heavy atom. The van der Waals surface area contributed by atoms with Gasteiger partial charge in [0.2, 0.25) is 0 Å². The lowest BCUT2D eigenvalue weighted by molar-refractivity contribution is 0.627. The summed E-state index contributed by atoms with van der Waals surface area (Å²) in [5, 5.41) is 8.09. The fraction of sp³-hybridized carbons (Fsp3) is 0.273. The lowest BCUT2D eigenvalue weighted by Gasteiger charge is -1.98. The molecule has 0 saturated carbocycles. The van der Waals surface area contributed by atoms with Crippen molar-refractivity contribution >= 4 is 0 Å². The van der Waals surface area contributed by atoms with Crippen molar-refractivity contribution in [2.45, 2.75) is 20.0 Å². The number of hydrogen-bond donors (Lipinski definition) is 1. The second kappa shape index (κ2) is 4.23. The molecule has 2 rings (SSSR count). The summed E-state index contributed by atoms with van der Waals surface area (Å²) in [6.07, 6.45) is 1.94. The molecule has 1 heterocycles. The second-order valence-corrected chi connectivity index (χ2v) is 3.36. The highest BCUT2D eigenvalue weighted by Crippen LogP contribution is 2.16. The number of hydrogen-bond acceptors (Lipinski definition) is 3. The molecule has 2 N–H and O–H groups in total. The van der Waals surface area contributed by atoms with Crippen molar-refractivity contribution in [3.05, 3.63) is 36.0 Å². The SMILES string of the molecule is CCn1cc(-c2ccc(CN)cc2)nn1. The normalized spacial score (nSPS) is 10.5. The molecule has 0 spiro atoms. The second-order valence-electron chi connectivity index (χ2n) is 3.36. The standard InChI is InChI=1S/C11H14N4/c1-2-15-8-11(13-14-15)10-5-3-9(7-12)4-6-10/h3-6,8H,2,7,12H2,1H3. The van der Waals surface area contributed by atoms with Crippen LogP contribution in [0.1, 0.15) is 12.5 Å². The zero-order valence-corrected chi connectivity index (χ0v) is 8.72. The number of nitrogens with zero attached hydrogens (tertiary/aromatic N) is 3. The van der Waals surface area contributed by atoms with E-state index in [4.69, 9.17) is 5.73 Å². The summed E-state index contributed by atoms with van der Waals surface area (Å²) in [7, 11) is 0. The van der Waals surface area contributed by atoms with Gasteiger partial charge in [0, 0.05) is 18.7 Å². The maximum absolute atomic E-state index is 5.53. The van der Waals surface area contributed by atoms with Gasteiger partial charge in [-0.2, -0.15) is 0 Å². The van der Waals surface area contributed by atoms with Gasteiger partial charge in [-0.15, -0.1) is 5.10 Å². The molecule has 0 radical (unpaired) electrons. The zero-order chi connectivity index (χ0) is 10.7. The van der Waals surface area contributed by atoms with Gasteiger partial charge in [-0.05, 0) is 12.5 Å². The van der Waals surface area contributed by atoms with Crippen molar-refractivity contribution in [1.29, 1.82) is 0 Å². The molecule has 0 aliphatic carbocycles. The van der Waals surface area contributed by atoms with E-state index in [1.54, 1.807) is 0 Å². The Hall–Kier alpha value is -1.68. The summed E-state index contributed by atoms with van der Waals surface area (Å²) in [5.41, 5.74) is 8.64. The van der Waals surface area contributed by atoms with Gasteiger partial charge in [0.05, 0.1) is 6.20 Å². The van der Waals surface area contributed by atoms with Gasteiger partial charge < -0.3 is 5.73 Å². The molecule has 0 bridgehead atoms. The Morgan fingerprint density at radius 3 is 2.53 bits per heavy atom. The summed E-state index contributed by atoms with van der Waals surface area (Å²) in [5.74, 6) is 0. The van der Waals surface area contributed by atoms with Crippen LogP contribution in [0, 0.1) is 0 Å². The number of benzene rings is 1. The predicted molar refractivity (Wildman–Crippen MR) is 59.0 cm³/mol. The zero-order valence-electron chi connectivity index (χ0n) is 8.72. The lowest BCUT2D eigenvalue weighted by atomic mass is 10.1. The third-order valence-corrected chi connectivity index (χ3v) is 2.35. The van der Waals surface area contributed by atoms with Crippen molar-refractivity contribution in [3.63, 3.8) is 0 Å². The molecule has 0 unspecified atom stereocenters. The van der Waals surface area contributed by atoms with E-state index in [0.717, 1.165) is 23.4 Å². The molecular weight excluding hydrogens is 188 g/mol. The van der Waals surface area contributed by atoms with E-state index < -0.39 is 0 Å². The highest BCUT2D eigenvalue weighted by Gasteiger charge is 2.02. The average molecular weight is 202 g/mol. The third kappa shape index (κ3) is 2.05. The first kappa shape index (κ1) is 9.86. The van der Waals surface area contributed by atoms with Crippen LogP contribution in [-0.4, -0.2) is 15.0 Å². The predicted octanol–water partition coefficient (Wildman–Crippen LogP) is 1.42. The first-order chi connectivity index (χ1) is 7.33. The summed E-state index contributed by atoms with van der Waals surface area (Å²) in [6, 6.07) is 8.07. The van der Waals surface area contributed by atoms with E-state index in [-0.39, 0.29) is 0 Å². The van der Waals surface area contributed by atoms with Crippen LogP contribution in [0.15, 0.2) is 30.5 Å². The van der Waals surface area contributed by atoms with Crippen LogP contribution in [-0.2, 0) is 13.1 Å². The fourth-order valence-corrected chi connectivity index (χ4v) is 1.40. The highest BCUT2D eigenvalue weighted by molar-refractivity contribution is 5.57. The fourth-order valence-electron chi connectivity index (χ4n) is 1.40. The third-order valence-electron chi connectivity index (χ3n) is 2.35. The molecule has 15 heavy (non-hydrogen) atoms. The summed E-state index contributed by atoms with van der Waals surface area (Å²) < 4.78 is 1.81. The van der Waals surface area contributed by atoms with Gasteiger partial charge in [0.1, 0.15) is 5.69 Å². The monoisotopic (exact) mass is 202 g/mol. The Balaban J connectivity index is 2.28. The van der Waals surface area contributed by atoms with E-state index in [0.29, 0.717) is 6.54 Å². The molecule has 1 aromatic carbocycles. The van der Waals surface area contributed by atoms with Crippen LogP contribution >= 0.6 is 0 Å². The molecule has 4 nitrogen and oxygen atoms in total. The highest BCUT2D eigenvalue weighted by atomic mass is 15.4. The topological polar surface area (TPSA) is 56.7 Å². The van der Waals surface area contributed by atoms with Gasteiger partial charge >= 0.3 is 0 Å². The molecule has 0 atom stereocenters. The molecule has 0 amide bonds. The van der Waals surface area contributed by atoms with Crippen LogP contribution in [0.2, 0.25) is 0 Å². The first-order valence-electron chi connectivity index (χ1n) is 5.03. The number of nitrogens with two attached hydrogens (primary N) is 1. The summed E-state index contributed by atoms with van der Waals surface area (Å²) in [4.78, 5) is 0. The van der Waals surface area contributed by atoms with E-state index in [1.165, 1.54) is 0 Å². The lowest BCUT2D eigenvalue weighted by Crippen LogP contribution is -1.95. The van der Waals surface area contributed by atoms with Crippen molar-refractivity contribution in [2.24, 2.45) is 5.73 Å². The Bertz CT molecular complexity index is 430. The van der Waals surface area contributed by atoms with Crippen LogP contribution in [0.3, 0.4) is 0 Å². The van der Waals surface area contributed by atoms with Crippen LogP contribution < -0.4 is 5.73 Å². The van der Waals surface area contributed by atoms with Crippen LogP contribution in [0.5, 0.6) is 0 Å². The Kier molecular flexibility index (Phi) is 2.78. The van der Waals surface area contributed by atoms with Gasteiger partial charge in [-0.1, -0.05) is 29.5 Å². The number of aromatic nitrogens is 3. The van der Waals surface area contributed by atoms with Crippen molar-refractivity contribution in [1.82, 2.24) is 15.0 Å². The Labute approximate surface area is 88.7 Å². The minimum absolute atomic E-state index is 0.571. The van der Waals surface area contributed by atoms with E-state index in [9.17, 15) is 0 Å². The largest absolute Gasteiger partial charge is 0.326 e. The smallest absolute Gasteiger partial charge is 0.113 e. The summed E-state index contributed by atoms with van der Waals surface area (Å²) in [6.45, 7) is 3.45. The van der Waals surface area contributed by atoms with Crippen LogP contribution in [0.25, 0.3) is 11.3 Å². The molecule has 0 aliphatic heterocycles. The van der Waals surface area contributed by atoms with E-state index in [1.807, 2.05) is 42.1 Å². The molecule has 0 aliphatic rings. The van der Waals surface area contributed by atoms with Crippen molar-refractivity contribution < 1.29 is 0 Å². The van der Waals surface area contributed by atoms with Gasteiger partial charge in [0.25, 0.3) is 0 Å². The number of rotatable bonds is 3. The van der Waals surface area contributed by atoms with Crippen molar-refractivity contribution in [2.75, 3.05) is 0 Å². The maximum atomic E-state index is 5.53. The minimum atomic E-state index is 0.571. The quantitative estimate of drug-likeness (QED) is 0.819. The maximum Gasteiger partial charge on any atom is 0.113 e. The van der Waals surface area contributed by atoms with E-state index >= 15 is 0 Å². The van der Waals surface area contributed by atoms with Gasteiger partial charge in [-0.25, -0.2) is 0 Å². The van der Waals surface area contributed by atoms with Gasteiger partial charge in [0.15, 0.2) is 0 Å². The molecule has 2 aromatic rings. The van der Waals surface area contributed by atoms with E-state index in [2.05, 4.69) is 10.3 Å². The molecule has 4 heteroatoms. The minimum Gasteiger partial charge on any atom is -0.326 e. The number of aryl methyl sites for hydroxylation is 1. The molecule has 0 saturated heterocycles. The van der Waals surface area contributed by atoms with Gasteiger partial charge in [-0.3, -0.25) is 4.68 Å². The molecule has 78 valence electrons. The average Bonchev–Trinajstić information content (AvgIpc) is 2.78. The van der Waals surface area contributed by atoms with Crippen LogP contribution in [0.4, 0.5) is 0 Å². The first-order valence-corrected chi connectivity index (χ1v) is 5.03. The Morgan fingerprint density at radius 1 is 1.27 bits per heavy atom. The molecule has 1 aromatic heterocycles. The molecular formula is C11H14N4. The molecule has 0 fully saturated rings.